The number of hydrogen-bond acceptors (Lipinski definition) is 5. The maximum absolute atomic E-state index is 5.09. The van der Waals surface area contributed by atoms with E-state index in [-0.39, 0.29) is 0 Å². The summed E-state index contributed by atoms with van der Waals surface area (Å²) in [6.07, 6.45) is 0. The normalized spacial score (nSPS) is 10.0. The molecular weight excluding hydrogens is 192 g/mol. The minimum Gasteiger partial charge on any atom is -0.480 e. The highest BCUT2D eigenvalue weighted by Crippen LogP contribution is 2.31. The van der Waals surface area contributed by atoms with Crippen LogP contribution in [0.15, 0.2) is 0 Å². The molecular formula is C7H12N2OS2. The quantitative estimate of drug-likeness (QED) is 0.758. The molecule has 0 unspecified atom stereocenters. The molecule has 0 aromatic carbocycles. The highest BCUT2D eigenvalue weighted by molar-refractivity contribution is 7.79. The molecule has 1 aromatic rings. The minimum atomic E-state index is 0.675. The number of thiazole rings is 1. The standard InChI is InChI=1S/C7H12N2OS2/c1-9(2)7-8-6(10-3)5(4-11)12-7/h11H,4H2,1-3H3. The van der Waals surface area contributed by atoms with Gasteiger partial charge in [0.05, 0.1) is 12.0 Å². The highest BCUT2D eigenvalue weighted by Gasteiger charge is 2.10. The number of thiol groups is 1. The van der Waals surface area contributed by atoms with E-state index in [1.54, 1.807) is 18.4 Å². The second kappa shape index (κ2) is 4.00. The predicted molar refractivity (Wildman–Crippen MR) is 55.7 cm³/mol. The summed E-state index contributed by atoms with van der Waals surface area (Å²) in [5.41, 5.74) is 0. The molecule has 1 aromatic heterocycles. The summed E-state index contributed by atoms with van der Waals surface area (Å²) < 4.78 is 5.09. The molecule has 0 N–H and O–H groups in total. The molecule has 0 aliphatic heterocycles. The number of rotatable bonds is 3. The van der Waals surface area contributed by atoms with Crippen molar-refractivity contribution < 1.29 is 4.74 Å². The maximum atomic E-state index is 5.09. The molecule has 0 fully saturated rings. The van der Waals surface area contributed by atoms with E-state index in [9.17, 15) is 0 Å². The van der Waals surface area contributed by atoms with Crippen LogP contribution in [0.2, 0.25) is 0 Å². The van der Waals surface area contributed by atoms with Gasteiger partial charge in [0, 0.05) is 19.8 Å². The SMILES string of the molecule is COc1nc(N(C)C)sc1CS. The van der Waals surface area contributed by atoms with Gasteiger partial charge in [0.15, 0.2) is 5.13 Å². The summed E-state index contributed by atoms with van der Waals surface area (Å²) in [4.78, 5) is 7.30. The van der Waals surface area contributed by atoms with Crippen molar-refractivity contribution in [2.24, 2.45) is 0 Å². The first-order valence-corrected chi connectivity index (χ1v) is 4.95. The zero-order chi connectivity index (χ0) is 9.14. The van der Waals surface area contributed by atoms with Gasteiger partial charge in [0.1, 0.15) is 0 Å². The number of aromatic nitrogens is 1. The molecule has 0 saturated heterocycles. The van der Waals surface area contributed by atoms with E-state index < -0.39 is 0 Å². The zero-order valence-corrected chi connectivity index (χ0v) is 9.08. The Hall–Kier alpha value is -0.420. The molecule has 12 heavy (non-hydrogen) atoms. The Morgan fingerprint density at radius 1 is 1.58 bits per heavy atom. The Labute approximate surface area is 81.8 Å². The van der Waals surface area contributed by atoms with E-state index in [0.29, 0.717) is 11.6 Å². The molecule has 5 heteroatoms. The van der Waals surface area contributed by atoms with Gasteiger partial charge in [-0.2, -0.15) is 17.6 Å². The van der Waals surface area contributed by atoms with Gasteiger partial charge >= 0.3 is 0 Å². The molecule has 68 valence electrons. The van der Waals surface area contributed by atoms with Gasteiger partial charge in [-0.1, -0.05) is 11.3 Å². The smallest absolute Gasteiger partial charge is 0.230 e. The second-order valence-corrected chi connectivity index (χ2v) is 3.86. The van der Waals surface area contributed by atoms with Crippen LogP contribution in [0.4, 0.5) is 5.13 Å². The Morgan fingerprint density at radius 2 is 2.25 bits per heavy atom. The van der Waals surface area contributed by atoms with Crippen LogP contribution in [0.3, 0.4) is 0 Å². The number of methoxy groups -OCH3 is 1. The molecule has 0 bridgehead atoms. The summed E-state index contributed by atoms with van der Waals surface area (Å²) in [5, 5.41) is 0.955. The molecule has 1 heterocycles. The van der Waals surface area contributed by atoms with E-state index in [2.05, 4.69) is 17.6 Å². The van der Waals surface area contributed by atoms with Crippen molar-refractivity contribution in [1.82, 2.24) is 4.98 Å². The molecule has 0 aliphatic carbocycles. The number of ether oxygens (including phenoxy) is 1. The Balaban J connectivity index is 2.97. The van der Waals surface area contributed by atoms with Gasteiger partial charge in [0.25, 0.3) is 0 Å². The topological polar surface area (TPSA) is 25.4 Å². The van der Waals surface area contributed by atoms with Crippen LogP contribution in [0.25, 0.3) is 0 Å². The molecule has 0 saturated carbocycles. The van der Waals surface area contributed by atoms with E-state index in [1.165, 1.54) is 0 Å². The van der Waals surface area contributed by atoms with Crippen LogP contribution in [-0.4, -0.2) is 26.2 Å². The summed E-state index contributed by atoms with van der Waals surface area (Å²) >= 11 is 5.79. The van der Waals surface area contributed by atoms with Crippen molar-refractivity contribution in [2.75, 3.05) is 26.1 Å². The largest absolute Gasteiger partial charge is 0.480 e. The molecule has 0 spiro atoms. The first-order valence-electron chi connectivity index (χ1n) is 3.51. The maximum Gasteiger partial charge on any atom is 0.230 e. The number of hydrogen-bond donors (Lipinski definition) is 1. The average molecular weight is 204 g/mol. The average Bonchev–Trinajstić information content (AvgIpc) is 2.46. The fraction of sp³-hybridized carbons (Fsp3) is 0.571. The first-order chi connectivity index (χ1) is 5.69. The number of anilines is 1. The van der Waals surface area contributed by atoms with Crippen molar-refractivity contribution in [2.45, 2.75) is 5.75 Å². The van der Waals surface area contributed by atoms with Crippen LogP contribution in [-0.2, 0) is 5.75 Å². The minimum absolute atomic E-state index is 0.675. The van der Waals surface area contributed by atoms with Crippen molar-refractivity contribution in [3.63, 3.8) is 0 Å². The van der Waals surface area contributed by atoms with E-state index in [0.717, 1.165) is 10.0 Å². The van der Waals surface area contributed by atoms with Gasteiger partial charge in [-0.3, -0.25) is 0 Å². The van der Waals surface area contributed by atoms with Crippen molar-refractivity contribution in [3.8, 4) is 5.88 Å². The molecule has 0 aliphatic rings. The predicted octanol–water partition coefficient (Wildman–Crippen LogP) is 1.65. The van der Waals surface area contributed by atoms with E-state index in [4.69, 9.17) is 4.74 Å². The summed E-state index contributed by atoms with van der Waals surface area (Å²) in [5.74, 6) is 1.37. The lowest BCUT2D eigenvalue weighted by Crippen LogP contribution is -2.07. The van der Waals surface area contributed by atoms with Crippen molar-refractivity contribution in [1.29, 1.82) is 0 Å². The summed E-state index contributed by atoms with van der Waals surface area (Å²) in [6, 6.07) is 0. The molecule has 3 nitrogen and oxygen atoms in total. The van der Waals surface area contributed by atoms with E-state index in [1.807, 2.05) is 19.0 Å². The lowest BCUT2D eigenvalue weighted by molar-refractivity contribution is 0.398. The Bertz CT molecular complexity index is 238. The van der Waals surface area contributed by atoms with Gasteiger partial charge in [-0.25, -0.2) is 0 Å². The first kappa shape index (κ1) is 9.67. The van der Waals surface area contributed by atoms with Crippen LogP contribution in [0.1, 0.15) is 4.88 Å². The monoisotopic (exact) mass is 204 g/mol. The molecule has 1 rings (SSSR count). The third-order valence-electron chi connectivity index (χ3n) is 1.37. The van der Waals surface area contributed by atoms with Gasteiger partial charge in [-0.15, -0.1) is 0 Å². The van der Waals surface area contributed by atoms with Crippen LogP contribution >= 0.6 is 24.0 Å². The van der Waals surface area contributed by atoms with Crippen LogP contribution in [0.5, 0.6) is 5.88 Å². The van der Waals surface area contributed by atoms with Gasteiger partial charge in [-0.05, 0) is 0 Å². The third kappa shape index (κ3) is 1.84. The molecule has 0 atom stereocenters. The van der Waals surface area contributed by atoms with Crippen molar-refractivity contribution in [3.05, 3.63) is 4.88 Å². The lowest BCUT2D eigenvalue weighted by Gasteiger charge is -2.04. The Kier molecular flexibility index (Phi) is 3.22. The highest BCUT2D eigenvalue weighted by atomic mass is 32.1. The number of nitrogens with zero attached hydrogens (tertiary/aromatic N) is 2. The zero-order valence-electron chi connectivity index (χ0n) is 7.37. The third-order valence-corrected chi connectivity index (χ3v) is 3.10. The summed E-state index contributed by atoms with van der Waals surface area (Å²) in [7, 11) is 5.54. The van der Waals surface area contributed by atoms with Gasteiger partial charge in [0.2, 0.25) is 5.88 Å². The lowest BCUT2D eigenvalue weighted by atomic mass is 10.6. The van der Waals surface area contributed by atoms with Crippen LogP contribution in [0, 0.1) is 0 Å². The fourth-order valence-electron chi connectivity index (χ4n) is 0.777. The van der Waals surface area contributed by atoms with Crippen molar-refractivity contribution >= 4 is 29.1 Å². The van der Waals surface area contributed by atoms with Gasteiger partial charge < -0.3 is 9.64 Å². The summed E-state index contributed by atoms with van der Waals surface area (Å²) in [6.45, 7) is 0. The van der Waals surface area contributed by atoms with E-state index >= 15 is 0 Å². The Morgan fingerprint density at radius 3 is 2.58 bits per heavy atom. The van der Waals surface area contributed by atoms with Crippen LogP contribution < -0.4 is 9.64 Å². The second-order valence-electron chi connectivity index (χ2n) is 2.48. The fourth-order valence-corrected chi connectivity index (χ4v) is 1.92. The molecule has 0 radical (unpaired) electrons. The molecule has 0 amide bonds.